The van der Waals surface area contributed by atoms with Crippen molar-refractivity contribution in [2.45, 2.75) is 30.3 Å². The van der Waals surface area contributed by atoms with Crippen molar-refractivity contribution in [2.75, 3.05) is 6.54 Å². The summed E-state index contributed by atoms with van der Waals surface area (Å²) in [5, 5.41) is 5.97. The number of amides is 1. The molecule has 3 rings (SSSR count). The predicted molar refractivity (Wildman–Crippen MR) is 81.8 cm³/mol. The number of hydrogen-bond acceptors (Lipinski definition) is 5. The van der Waals surface area contributed by atoms with E-state index in [-0.39, 0.29) is 11.2 Å². The fourth-order valence-electron chi connectivity index (χ4n) is 2.14. The molecule has 1 saturated heterocycles. The van der Waals surface area contributed by atoms with Crippen molar-refractivity contribution < 1.29 is 9.21 Å². The third kappa shape index (κ3) is 3.24. The van der Waals surface area contributed by atoms with E-state index in [2.05, 4.69) is 10.3 Å². The van der Waals surface area contributed by atoms with Crippen LogP contribution in [-0.2, 0) is 10.5 Å². The maximum atomic E-state index is 11.9. The predicted octanol–water partition coefficient (Wildman–Crippen LogP) is 3.31. The van der Waals surface area contributed by atoms with Gasteiger partial charge >= 0.3 is 0 Å². The molecule has 4 nitrogen and oxygen atoms in total. The molecule has 2 aromatic rings. The van der Waals surface area contributed by atoms with Crippen LogP contribution in [0.4, 0.5) is 0 Å². The lowest BCUT2D eigenvalue weighted by Crippen LogP contribution is -2.30. The van der Waals surface area contributed by atoms with Crippen molar-refractivity contribution in [3.05, 3.63) is 29.5 Å². The summed E-state index contributed by atoms with van der Waals surface area (Å²) in [5.41, 5.74) is 1.02. The van der Waals surface area contributed by atoms with E-state index in [1.54, 1.807) is 29.4 Å². The van der Waals surface area contributed by atoms with E-state index in [1.807, 2.05) is 17.5 Å². The quantitative estimate of drug-likeness (QED) is 0.941. The van der Waals surface area contributed by atoms with Crippen LogP contribution >= 0.6 is 23.1 Å². The first-order valence-corrected chi connectivity index (χ1v) is 8.63. The first kappa shape index (κ1) is 13.7. The van der Waals surface area contributed by atoms with Gasteiger partial charge < -0.3 is 9.73 Å². The number of nitrogens with one attached hydrogen (secondary N) is 1. The molecule has 0 aromatic carbocycles. The molecule has 1 atom stereocenters. The lowest BCUT2D eigenvalue weighted by atomic mass is 10.2. The highest BCUT2D eigenvalue weighted by molar-refractivity contribution is 7.99. The molecule has 3 heterocycles. The van der Waals surface area contributed by atoms with Gasteiger partial charge in [-0.05, 0) is 25.0 Å². The molecule has 0 bridgehead atoms. The molecule has 0 saturated carbocycles. The molecule has 1 N–H and O–H groups in total. The van der Waals surface area contributed by atoms with Gasteiger partial charge in [0.15, 0.2) is 10.8 Å². The Kier molecular flexibility index (Phi) is 4.42. The van der Waals surface area contributed by atoms with Crippen molar-refractivity contribution in [2.24, 2.45) is 0 Å². The molecule has 1 fully saturated rings. The van der Waals surface area contributed by atoms with Crippen molar-refractivity contribution in [3.8, 4) is 10.8 Å². The SMILES string of the molecule is O=C1NCCCC[C@H]1SCc1csc(-c2ccco2)n1. The Morgan fingerprint density at radius 1 is 1.50 bits per heavy atom. The Morgan fingerprint density at radius 2 is 2.45 bits per heavy atom. The lowest BCUT2D eigenvalue weighted by molar-refractivity contribution is -0.120. The van der Waals surface area contributed by atoms with Gasteiger partial charge in [0.1, 0.15) is 0 Å². The third-order valence-corrected chi connectivity index (χ3v) is 5.42. The Hall–Kier alpha value is -1.27. The number of carbonyl (C=O) groups excluding carboxylic acids is 1. The van der Waals surface area contributed by atoms with E-state index in [9.17, 15) is 4.79 Å². The Balaban J connectivity index is 1.59. The topological polar surface area (TPSA) is 55.1 Å². The molecule has 1 aliphatic heterocycles. The van der Waals surface area contributed by atoms with Crippen molar-refractivity contribution in [1.29, 1.82) is 0 Å². The van der Waals surface area contributed by atoms with Crippen LogP contribution in [0, 0.1) is 0 Å². The normalized spacial score (nSPS) is 19.6. The van der Waals surface area contributed by atoms with Crippen molar-refractivity contribution in [1.82, 2.24) is 10.3 Å². The van der Waals surface area contributed by atoms with Gasteiger partial charge in [-0.15, -0.1) is 23.1 Å². The van der Waals surface area contributed by atoms with Gasteiger partial charge in [0.25, 0.3) is 0 Å². The van der Waals surface area contributed by atoms with E-state index >= 15 is 0 Å². The van der Waals surface area contributed by atoms with E-state index in [1.165, 1.54) is 0 Å². The van der Waals surface area contributed by atoms with Crippen LogP contribution < -0.4 is 5.32 Å². The molecule has 0 aliphatic carbocycles. The third-order valence-electron chi connectivity index (χ3n) is 3.20. The zero-order valence-electron chi connectivity index (χ0n) is 11.0. The molecule has 0 spiro atoms. The summed E-state index contributed by atoms with van der Waals surface area (Å²) in [5.74, 6) is 1.75. The zero-order valence-corrected chi connectivity index (χ0v) is 12.6. The molecule has 6 heteroatoms. The number of furan rings is 1. The second-order valence-corrected chi connectivity index (χ2v) is 6.76. The van der Waals surface area contributed by atoms with Crippen molar-refractivity contribution in [3.63, 3.8) is 0 Å². The highest BCUT2D eigenvalue weighted by atomic mass is 32.2. The molecule has 0 unspecified atom stereocenters. The number of thioether (sulfide) groups is 1. The summed E-state index contributed by atoms with van der Waals surface area (Å²) >= 11 is 3.26. The fourth-order valence-corrected chi connectivity index (χ4v) is 4.12. The van der Waals surface area contributed by atoms with Crippen LogP contribution in [0.2, 0.25) is 0 Å². The zero-order chi connectivity index (χ0) is 13.8. The van der Waals surface area contributed by atoms with Gasteiger partial charge in [-0.25, -0.2) is 4.98 Å². The van der Waals surface area contributed by atoms with E-state index in [4.69, 9.17) is 4.42 Å². The number of hydrogen-bond donors (Lipinski definition) is 1. The standard InChI is InChI=1S/C14H16N2O2S2/c17-13-12(5-1-2-6-15-13)19-8-10-9-20-14(16-10)11-4-3-7-18-11/h3-4,7,9,12H,1-2,5-6,8H2,(H,15,17)/t12-/m1/s1. The first-order valence-electron chi connectivity index (χ1n) is 6.70. The van der Waals surface area contributed by atoms with Crippen molar-refractivity contribution >= 4 is 29.0 Å². The molecule has 106 valence electrons. The monoisotopic (exact) mass is 308 g/mol. The maximum absolute atomic E-state index is 11.9. The average molecular weight is 308 g/mol. The number of aromatic nitrogens is 1. The summed E-state index contributed by atoms with van der Waals surface area (Å²) in [6.07, 6.45) is 4.82. The van der Waals surface area contributed by atoms with Gasteiger partial charge in [0.2, 0.25) is 5.91 Å². The molecule has 0 radical (unpaired) electrons. The fraction of sp³-hybridized carbons (Fsp3) is 0.429. The molecule has 1 amide bonds. The van der Waals surface area contributed by atoms with E-state index in [0.717, 1.165) is 48.0 Å². The van der Waals surface area contributed by atoms with Crippen LogP contribution in [0.5, 0.6) is 0 Å². The van der Waals surface area contributed by atoms with Gasteiger partial charge in [-0.2, -0.15) is 0 Å². The molecule has 1 aliphatic rings. The Bertz CT molecular complexity index is 566. The van der Waals surface area contributed by atoms with Gasteiger partial charge in [-0.1, -0.05) is 6.42 Å². The van der Waals surface area contributed by atoms with Crippen LogP contribution in [0.3, 0.4) is 0 Å². The second-order valence-electron chi connectivity index (χ2n) is 4.71. The maximum Gasteiger partial charge on any atom is 0.233 e. The average Bonchev–Trinajstić information content (AvgIpc) is 3.08. The number of thiazole rings is 1. The van der Waals surface area contributed by atoms with E-state index < -0.39 is 0 Å². The van der Waals surface area contributed by atoms with Gasteiger partial charge in [0.05, 0.1) is 17.2 Å². The summed E-state index contributed by atoms with van der Waals surface area (Å²) in [7, 11) is 0. The highest BCUT2D eigenvalue weighted by Gasteiger charge is 2.21. The minimum atomic E-state index is 0.0614. The molecular formula is C14H16N2O2S2. The summed E-state index contributed by atoms with van der Waals surface area (Å²) in [6, 6.07) is 3.77. The molecular weight excluding hydrogens is 292 g/mol. The molecule has 20 heavy (non-hydrogen) atoms. The minimum Gasteiger partial charge on any atom is -0.462 e. The summed E-state index contributed by atoms with van der Waals surface area (Å²) in [6.45, 7) is 0.815. The highest BCUT2D eigenvalue weighted by Crippen LogP contribution is 2.28. The van der Waals surface area contributed by atoms with Crippen LogP contribution in [-0.4, -0.2) is 22.7 Å². The van der Waals surface area contributed by atoms with Crippen LogP contribution in [0.25, 0.3) is 10.8 Å². The first-order chi connectivity index (χ1) is 9.83. The number of nitrogens with zero attached hydrogens (tertiary/aromatic N) is 1. The van der Waals surface area contributed by atoms with Crippen LogP contribution in [0.1, 0.15) is 25.0 Å². The minimum absolute atomic E-state index is 0.0614. The molecule has 2 aromatic heterocycles. The summed E-state index contributed by atoms with van der Waals surface area (Å²) in [4.78, 5) is 16.4. The Morgan fingerprint density at radius 3 is 3.30 bits per heavy atom. The smallest absolute Gasteiger partial charge is 0.233 e. The van der Waals surface area contributed by atoms with Crippen LogP contribution in [0.15, 0.2) is 28.2 Å². The summed E-state index contributed by atoms with van der Waals surface area (Å²) < 4.78 is 5.34. The van der Waals surface area contributed by atoms with Gasteiger partial charge in [-0.3, -0.25) is 4.79 Å². The van der Waals surface area contributed by atoms with Gasteiger partial charge in [0, 0.05) is 17.7 Å². The van der Waals surface area contributed by atoms with E-state index in [0.29, 0.717) is 0 Å². The lowest BCUT2D eigenvalue weighted by Gasteiger charge is -2.11. The largest absolute Gasteiger partial charge is 0.462 e. The Labute approximate surface area is 126 Å². The second kappa shape index (κ2) is 6.45. The number of carbonyl (C=O) groups is 1. The number of rotatable bonds is 4.